The summed E-state index contributed by atoms with van der Waals surface area (Å²) in [5.74, 6) is 0.582. The molecule has 0 aliphatic carbocycles. The number of hydrogen-bond acceptors (Lipinski definition) is 5. The summed E-state index contributed by atoms with van der Waals surface area (Å²) < 4.78 is 10.9. The van der Waals surface area contributed by atoms with E-state index in [4.69, 9.17) is 32.7 Å². The van der Waals surface area contributed by atoms with Gasteiger partial charge in [0.15, 0.2) is 0 Å². The van der Waals surface area contributed by atoms with E-state index >= 15 is 0 Å². The van der Waals surface area contributed by atoms with Crippen molar-refractivity contribution in [2.75, 3.05) is 6.61 Å². The number of aryl methyl sites for hydroxylation is 2. The third-order valence-corrected chi connectivity index (χ3v) is 3.39. The molecule has 0 saturated carbocycles. The first kappa shape index (κ1) is 15.8. The summed E-state index contributed by atoms with van der Waals surface area (Å²) in [5.41, 5.74) is 1.82. The van der Waals surface area contributed by atoms with Gasteiger partial charge in [-0.2, -0.15) is 9.97 Å². The Kier molecular flexibility index (Phi) is 5.20. The van der Waals surface area contributed by atoms with Gasteiger partial charge >= 0.3 is 12.0 Å². The van der Waals surface area contributed by atoms with Crippen molar-refractivity contribution in [1.82, 2.24) is 15.0 Å². The maximum atomic E-state index is 6.12. The van der Waals surface area contributed by atoms with Crippen molar-refractivity contribution in [3.8, 4) is 17.8 Å². The Labute approximate surface area is 133 Å². The molecule has 1 aromatic heterocycles. The van der Waals surface area contributed by atoms with Crippen LogP contribution in [0.4, 0.5) is 0 Å². The molecule has 2 rings (SSSR count). The van der Waals surface area contributed by atoms with Crippen LogP contribution < -0.4 is 9.47 Å². The Bertz CT molecular complexity index is 627. The van der Waals surface area contributed by atoms with Crippen molar-refractivity contribution in [2.45, 2.75) is 27.2 Å². The molecule has 1 aromatic carbocycles. The Morgan fingerprint density at radius 1 is 1.00 bits per heavy atom. The van der Waals surface area contributed by atoms with Crippen molar-refractivity contribution in [3.63, 3.8) is 0 Å². The zero-order valence-corrected chi connectivity index (χ0v) is 13.5. The van der Waals surface area contributed by atoms with Gasteiger partial charge in [-0.05, 0) is 55.1 Å². The predicted molar refractivity (Wildman–Crippen MR) is 81.6 cm³/mol. The molecule has 0 amide bonds. The third-order valence-electron chi connectivity index (χ3n) is 2.62. The molecule has 0 aliphatic rings. The summed E-state index contributed by atoms with van der Waals surface area (Å²) in [6, 6.07) is 3.84. The van der Waals surface area contributed by atoms with Crippen molar-refractivity contribution >= 4 is 23.2 Å². The van der Waals surface area contributed by atoms with E-state index < -0.39 is 0 Å². The van der Waals surface area contributed by atoms with E-state index in [-0.39, 0.29) is 17.3 Å². The molecule has 0 atom stereocenters. The summed E-state index contributed by atoms with van der Waals surface area (Å²) in [6.07, 6.45) is 0.842. The molecule has 21 heavy (non-hydrogen) atoms. The summed E-state index contributed by atoms with van der Waals surface area (Å²) >= 11 is 12.0. The molecule has 0 N–H and O–H groups in total. The van der Waals surface area contributed by atoms with Crippen molar-refractivity contribution in [2.24, 2.45) is 0 Å². The topological polar surface area (TPSA) is 57.1 Å². The Balaban J connectivity index is 2.24. The summed E-state index contributed by atoms with van der Waals surface area (Å²) in [7, 11) is 0. The smallest absolute Gasteiger partial charge is 0.329 e. The average molecular weight is 328 g/mol. The fourth-order valence-electron chi connectivity index (χ4n) is 1.69. The average Bonchev–Trinajstić information content (AvgIpc) is 2.42. The predicted octanol–water partition coefficient (Wildman–Crippen LogP) is 4.38. The first-order chi connectivity index (χ1) is 9.99. The van der Waals surface area contributed by atoms with E-state index in [0.717, 1.165) is 17.5 Å². The first-order valence-electron chi connectivity index (χ1n) is 6.48. The molecule has 1 heterocycles. The van der Waals surface area contributed by atoms with Gasteiger partial charge in [-0.3, -0.25) is 0 Å². The van der Waals surface area contributed by atoms with E-state index in [0.29, 0.717) is 17.4 Å². The Hall–Kier alpha value is -1.59. The number of halogens is 2. The molecular formula is C14H15Cl2N3O2. The van der Waals surface area contributed by atoms with Gasteiger partial charge in [0.25, 0.3) is 0 Å². The quantitative estimate of drug-likeness (QED) is 0.815. The minimum atomic E-state index is 0.0218. The van der Waals surface area contributed by atoms with Crippen LogP contribution in [0.15, 0.2) is 12.1 Å². The third kappa shape index (κ3) is 4.19. The molecule has 112 valence electrons. The van der Waals surface area contributed by atoms with Gasteiger partial charge in [0.05, 0.1) is 6.61 Å². The lowest BCUT2D eigenvalue weighted by Crippen LogP contribution is -2.03. The molecule has 0 spiro atoms. The largest absolute Gasteiger partial charge is 0.463 e. The van der Waals surface area contributed by atoms with Crippen LogP contribution in [0, 0.1) is 13.8 Å². The molecule has 5 nitrogen and oxygen atoms in total. The Morgan fingerprint density at radius 3 is 2.24 bits per heavy atom. The molecule has 7 heteroatoms. The van der Waals surface area contributed by atoms with Gasteiger partial charge < -0.3 is 9.47 Å². The molecule has 0 fully saturated rings. The number of ether oxygens (including phenoxy) is 2. The number of aromatic nitrogens is 3. The lowest BCUT2D eigenvalue weighted by molar-refractivity contribution is 0.284. The fourth-order valence-corrected chi connectivity index (χ4v) is 1.94. The van der Waals surface area contributed by atoms with E-state index in [9.17, 15) is 0 Å². The van der Waals surface area contributed by atoms with E-state index in [1.54, 1.807) is 12.1 Å². The van der Waals surface area contributed by atoms with Crippen LogP contribution in [0.25, 0.3) is 0 Å². The molecular weight excluding hydrogens is 313 g/mol. The zero-order valence-electron chi connectivity index (χ0n) is 12.0. The highest BCUT2D eigenvalue weighted by molar-refractivity contribution is 6.32. The van der Waals surface area contributed by atoms with Crippen LogP contribution in [0.1, 0.15) is 24.5 Å². The lowest BCUT2D eigenvalue weighted by atomic mass is 10.1. The van der Waals surface area contributed by atoms with Crippen LogP contribution in [0.2, 0.25) is 10.3 Å². The highest BCUT2D eigenvalue weighted by Crippen LogP contribution is 2.28. The monoisotopic (exact) mass is 327 g/mol. The second-order valence-corrected chi connectivity index (χ2v) is 5.21. The van der Waals surface area contributed by atoms with Gasteiger partial charge in [0.1, 0.15) is 5.75 Å². The maximum absolute atomic E-state index is 6.12. The summed E-state index contributed by atoms with van der Waals surface area (Å²) in [5, 5.41) is 0.733. The van der Waals surface area contributed by atoms with E-state index in [1.165, 1.54) is 0 Å². The van der Waals surface area contributed by atoms with Crippen LogP contribution in [-0.2, 0) is 0 Å². The van der Waals surface area contributed by atoms with E-state index in [2.05, 4.69) is 15.0 Å². The lowest BCUT2D eigenvalue weighted by Gasteiger charge is -2.09. The van der Waals surface area contributed by atoms with Gasteiger partial charge in [-0.25, -0.2) is 0 Å². The molecule has 0 unspecified atom stereocenters. The van der Waals surface area contributed by atoms with Crippen molar-refractivity contribution in [3.05, 3.63) is 33.6 Å². The number of benzene rings is 1. The van der Waals surface area contributed by atoms with Crippen LogP contribution in [0.5, 0.6) is 17.8 Å². The van der Waals surface area contributed by atoms with Crippen LogP contribution in [0.3, 0.4) is 0 Å². The molecule has 0 radical (unpaired) electrons. The van der Waals surface area contributed by atoms with Crippen molar-refractivity contribution in [1.29, 1.82) is 0 Å². The molecule has 0 saturated heterocycles. The second kappa shape index (κ2) is 6.91. The minimum absolute atomic E-state index is 0.0218. The highest BCUT2D eigenvalue weighted by Gasteiger charge is 2.10. The number of rotatable bonds is 5. The van der Waals surface area contributed by atoms with Gasteiger partial charge in [0.2, 0.25) is 5.28 Å². The molecule has 0 aliphatic heterocycles. The van der Waals surface area contributed by atoms with Crippen LogP contribution >= 0.6 is 23.2 Å². The second-order valence-electron chi connectivity index (χ2n) is 4.49. The fraction of sp³-hybridized carbons (Fsp3) is 0.357. The van der Waals surface area contributed by atoms with Gasteiger partial charge in [-0.1, -0.05) is 18.5 Å². The Morgan fingerprint density at radius 2 is 1.62 bits per heavy atom. The number of nitrogens with zero attached hydrogens (tertiary/aromatic N) is 3. The van der Waals surface area contributed by atoms with Crippen LogP contribution in [-0.4, -0.2) is 21.6 Å². The first-order valence-corrected chi connectivity index (χ1v) is 7.24. The molecule has 0 bridgehead atoms. The SMILES string of the molecule is CCCOc1nc(Cl)nc(Oc2cc(C)c(Cl)c(C)c2)n1. The van der Waals surface area contributed by atoms with Gasteiger partial charge in [-0.15, -0.1) is 4.98 Å². The molecule has 2 aromatic rings. The standard InChI is InChI=1S/C14H15Cl2N3O2/c1-4-5-20-13-17-12(16)18-14(19-13)21-10-6-8(2)11(15)9(3)7-10/h6-7H,4-5H2,1-3H3. The summed E-state index contributed by atoms with van der Waals surface area (Å²) in [4.78, 5) is 11.9. The maximum Gasteiger partial charge on any atom is 0.329 e. The normalized spacial score (nSPS) is 10.5. The van der Waals surface area contributed by atoms with Gasteiger partial charge in [0, 0.05) is 5.02 Å². The highest BCUT2D eigenvalue weighted by atomic mass is 35.5. The zero-order chi connectivity index (χ0) is 15.4. The summed E-state index contributed by atoms with van der Waals surface area (Å²) in [6.45, 7) is 6.29. The minimum Gasteiger partial charge on any atom is -0.463 e. The van der Waals surface area contributed by atoms with E-state index in [1.807, 2.05) is 20.8 Å². The number of hydrogen-bond donors (Lipinski definition) is 0. The van der Waals surface area contributed by atoms with Crippen molar-refractivity contribution < 1.29 is 9.47 Å².